The number of benzene rings is 1. The number of rotatable bonds is 6. The Morgan fingerprint density at radius 3 is 2.38 bits per heavy atom. The number of nitrogens with zero attached hydrogens (tertiary/aromatic N) is 2. The van der Waals surface area contributed by atoms with Crippen molar-refractivity contribution in [2.45, 2.75) is 24.2 Å². The highest BCUT2D eigenvalue weighted by atomic mass is 35.5. The maximum Gasteiger partial charge on any atom is 0.243 e. The van der Waals surface area contributed by atoms with E-state index in [2.05, 4.69) is 0 Å². The molecule has 0 radical (unpaired) electrons. The van der Waals surface area contributed by atoms with Gasteiger partial charge in [-0.2, -0.15) is 9.57 Å². The van der Waals surface area contributed by atoms with Gasteiger partial charge in [0.2, 0.25) is 10.0 Å². The van der Waals surface area contributed by atoms with Crippen LogP contribution in [0, 0.1) is 17.2 Å². The lowest BCUT2D eigenvalue weighted by Crippen LogP contribution is -2.33. The van der Waals surface area contributed by atoms with Gasteiger partial charge in [0.25, 0.3) is 0 Å². The van der Waals surface area contributed by atoms with E-state index in [1.54, 1.807) is 0 Å². The number of anilines is 1. The van der Waals surface area contributed by atoms with Crippen molar-refractivity contribution < 1.29 is 8.42 Å². The standard InChI is InChI=1S/C13H15Cl2N3O2S/c14-11-6-10(7-12(15)13(11)17)21(19,20)18(5-1-4-16)8-9-2-3-9/h6-7,9H,1-3,5,8,17H2. The van der Waals surface area contributed by atoms with E-state index < -0.39 is 10.0 Å². The van der Waals surface area contributed by atoms with Crippen LogP contribution in [0.15, 0.2) is 17.0 Å². The maximum absolute atomic E-state index is 12.7. The number of hydrogen-bond donors (Lipinski definition) is 1. The van der Waals surface area contributed by atoms with Crippen molar-refractivity contribution in [3.8, 4) is 6.07 Å². The maximum atomic E-state index is 12.7. The van der Waals surface area contributed by atoms with Crippen molar-refractivity contribution in [3.63, 3.8) is 0 Å². The SMILES string of the molecule is N#CCCN(CC1CC1)S(=O)(=O)c1cc(Cl)c(N)c(Cl)c1. The van der Waals surface area contributed by atoms with E-state index in [9.17, 15) is 8.42 Å². The fourth-order valence-corrected chi connectivity index (χ4v) is 4.12. The van der Waals surface area contributed by atoms with Crippen molar-refractivity contribution in [1.29, 1.82) is 5.26 Å². The average molecular weight is 348 g/mol. The van der Waals surface area contributed by atoms with E-state index >= 15 is 0 Å². The van der Waals surface area contributed by atoms with Gasteiger partial charge in [0.1, 0.15) is 0 Å². The molecule has 1 aromatic rings. The Hall–Kier alpha value is -1.00. The predicted octanol–water partition coefficient (Wildman–Crippen LogP) is 2.89. The number of nitrogen functional groups attached to an aromatic ring is 1. The van der Waals surface area contributed by atoms with Gasteiger partial charge in [-0.05, 0) is 30.9 Å². The molecule has 0 heterocycles. The third-order valence-corrected chi connectivity index (χ3v) is 5.79. The molecule has 0 bridgehead atoms. The Morgan fingerprint density at radius 1 is 1.33 bits per heavy atom. The zero-order chi connectivity index (χ0) is 15.6. The summed E-state index contributed by atoms with van der Waals surface area (Å²) in [7, 11) is -3.73. The van der Waals surface area contributed by atoms with Crippen LogP contribution in [0.1, 0.15) is 19.3 Å². The highest BCUT2D eigenvalue weighted by Gasteiger charge is 2.32. The van der Waals surface area contributed by atoms with Crippen molar-refractivity contribution >= 4 is 38.9 Å². The van der Waals surface area contributed by atoms with Crippen LogP contribution in [0.2, 0.25) is 10.0 Å². The number of hydrogen-bond acceptors (Lipinski definition) is 4. The first-order valence-corrected chi connectivity index (χ1v) is 8.67. The first kappa shape index (κ1) is 16.4. The Kier molecular flexibility index (Phi) is 4.99. The molecule has 5 nitrogen and oxygen atoms in total. The van der Waals surface area contributed by atoms with Gasteiger partial charge in [-0.1, -0.05) is 23.2 Å². The summed E-state index contributed by atoms with van der Waals surface area (Å²) >= 11 is 11.8. The lowest BCUT2D eigenvalue weighted by atomic mass is 10.3. The van der Waals surface area contributed by atoms with Gasteiger partial charge in [0.05, 0.1) is 26.7 Å². The quantitative estimate of drug-likeness (QED) is 0.801. The zero-order valence-electron chi connectivity index (χ0n) is 11.2. The summed E-state index contributed by atoms with van der Waals surface area (Å²) in [6.45, 7) is 0.582. The smallest absolute Gasteiger partial charge is 0.243 e. The van der Waals surface area contributed by atoms with Crippen LogP contribution in [0.5, 0.6) is 0 Å². The molecular weight excluding hydrogens is 333 g/mol. The third kappa shape index (κ3) is 3.80. The second-order valence-electron chi connectivity index (χ2n) is 5.02. The molecule has 1 aliphatic rings. The van der Waals surface area contributed by atoms with Gasteiger partial charge < -0.3 is 5.73 Å². The molecule has 1 saturated carbocycles. The highest BCUT2D eigenvalue weighted by Crippen LogP contribution is 2.34. The van der Waals surface area contributed by atoms with Crippen LogP contribution in [0.25, 0.3) is 0 Å². The van der Waals surface area contributed by atoms with Gasteiger partial charge in [0, 0.05) is 19.5 Å². The van der Waals surface area contributed by atoms with Crippen LogP contribution in [-0.4, -0.2) is 25.8 Å². The molecule has 2 N–H and O–H groups in total. The first-order chi connectivity index (χ1) is 9.86. The van der Waals surface area contributed by atoms with E-state index in [0.29, 0.717) is 12.5 Å². The largest absolute Gasteiger partial charge is 0.396 e. The molecule has 0 spiro atoms. The fraction of sp³-hybridized carbons (Fsp3) is 0.462. The van der Waals surface area contributed by atoms with Gasteiger partial charge in [-0.25, -0.2) is 8.42 Å². The molecule has 0 saturated heterocycles. The second-order valence-corrected chi connectivity index (χ2v) is 7.77. The number of nitriles is 1. The minimum Gasteiger partial charge on any atom is -0.396 e. The molecule has 8 heteroatoms. The second kappa shape index (κ2) is 6.41. The average Bonchev–Trinajstić information content (AvgIpc) is 3.23. The van der Waals surface area contributed by atoms with Gasteiger partial charge in [0.15, 0.2) is 0 Å². The molecular formula is C13H15Cl2N3O2S. The molecule has 1 aromatic carbocycles. The number of halogens is 2. The molecule has 0 atom stereocenters. The van der Waals surface area contributed by atoms with Crippen molar-refractivity contribution in [3.05, 3.63) is 22.2 Å². The molecule has 1 fully saturated rings. The van der Waals surface area contributed by atoms with Crippen LogP contribution in [-0.2, 0) is 10.0 Å². The molecule has 1 aliphatic carbocycles. The van der Waals surface area contributed by atoms with E-state index in [1.165, 1.54) is 16.4 Å². The topological polar surface area (TPSA) is 87.2 Å². The van der Waals surface area contributed by atoms with Crippen molar-refractivity contribution in [2.24, 2.45) is 5.92 Å². The van der Waals surface area contributed by atoms with E-state index in [1.807, 2.05) is 6.07 Å². The van der Waals surface area contributed by atoms with Gasteiger partial charge >= 0.3 is 0 Å². The van der Waals surface area contributed by atoms with Crippen LogP contribution >= 0.6 is 23.2 Å². The summed E-state index contributed by atoms with van der Waals surface area (Å²) in [5, 5.41) is 8.90. The van der Waals surface area contributed by atoms with Crippen molar-refractivity contribution in [2.75, 3.05) is 18.8 Å². The number of nitrogens with two attached hydrogens (primary N) is 1. The molecule has 0 aliphatic heterocycles. The Morgan fingerprint density at radius 2 is 1.90 bits per heavy atom. The van der Waals surface area contributed by atoms with Gasteiger partial charge in [-0.3, -0.25) is 0 Å². The van der Waals surface area contributed by atoms with Gasteiger partial charge in [-0.15, -0.1) is 0 Å². The Balaban J connectivity index is 2.34. The summed E-state index contributed by atoms with van der Waals surface area (Å²) in [6.07, 6.45) is 2.17. The van der Waals surface area contributed by atoms with Crippen LogP contribution < -0.4 is 5.73 Å². The predicted molar refractivity (Wildman–Crippen MR) is 82.6 cm³/mol. The molecule has 0 amide bonds. The molecule has 21 heavy (non-hydrogen) atoms. The van der Waals surface area contributed by atoms with E-state index in [0.717, 1.165) is 12.8 Å². The van der Waals surface area contributed by atoms with E-state index in [4.69, 9.17) is 34.2 Å². The normalized spacial score (nSPS) is 15.1. The number of sulfonamides is 1. The highest BCUT2D eigenvalue weighted by molar-refractivity contribution is 7.89. The molecule has 114 valence electrons. The summed E-state index contributed by atoms with van der Waals surface area (Å²) < 4.78 is 26.7. The minimum atomic E-state index is -3.73. The van der Waals surface area contributed by atoms with Crippen LogP contribution in [0.3, 0.4) is 0 Å². The molecule has 0 aromatic heterocycles. The lowest BCUT2D eigenvalue weighted by Gasteiger charge is -2.21. The van der Waals surface area contributed by atoms with Crippen LogP contribution in [0.4, 0.5) is 5.69 Å². The van der Waals surface area contributed by atoms with Crippen molar-refractivity contribution in [1.82, 2.24) is 4.31 Å². The summed E-state index contributed by atoms with van der Waals surface area (Å²) in [5.41, 5.74) is 5.78. The molecule has 2 rings (SSSR count). The summed E-state index contributed by atoms with van der Waals surface area (Å²) in [4.78, 5) is 0.00490. The summed E-state index contributed by atoms with van der Waals surface area (Å²) in [6, 6.07) is 4.56. The lowest BCUT2D eigenvalue weighted by molar-refractivity contribution is 0.402. The fourth-order valence-electron chi connectivity index (χ4n) is 1.93. The minimum absolute atomic E-state index is 0.00490. The first-order valence-electron chi connectivity index (χ1n) is 6.48. The monoisotopic (exact) mass is 347 g/mol. The Labute approximate surface area is 134 Å². The molecule has 0 unspecified atom stereocenters. The van der Waals surface area contributed by atoms with E-state index in [-0.39, 0.29) is 33.6 Å². The third-order valence-electron chi connectivity index (χ3n) is 3.32. The zero-order valence-corrected chi connectivity index (χ0v) is 13.5. The summed E-state index contributed by atoms with van der Waals surface area (Å²) in [5.74, 6) is 0.373. The Bertz CT molecular complexity index is 658.